The van der Waals surface area contributed by atoms with Crippen molar-refractivity contribution in [3.8, 4) is 0 Å². The molecule has 4 nitrogen and oxygen atoms in total. The summed E-state index contributed by atoms with van der Waals surface area (Å²) in [6.45, 7) is 0.829. The maximum absolute atomic E-state index is 12.9. The van der Waals surface area contributed by atoms with Crippen LogP contribution in [0.1, 0.15) is 22.5 Å². The molecule has 3 rings (SSSR count). The Morgan fingerprint density at radius 3 is 2.68 bits per heavy atom. The molecule has 1 N–H and O–H groups in total. The van der Waals surface area contributed by atoms with Crippen molar-refractivity contribution in [2.24, 2.45) is 7.05 Å². The predicted molar refractivity (Wildman–Crippen MR) is 81.0 cm³/mol. The summed E-state index contributed by atoms with van der Waals surface area (Å²) in [7, 11) is 1.83. The fraction of sp³-hybridized carbons (Fsp3) is 0.353. The van der Waals surface area contributed by atoms with Gasteiger partial charge in [0.15, 0.2) is 0 Å². The molecular formula is C17H19FN2O2. The number of hydrogen-bond donors (Lipinski definition) is 1. The Kier molecular flexibility index (Phi) is 3.74. The van der Waals surface area contributed by atoms with Gasteiger partial charge in [0.2, 0.25) is 0 Å². The number of nitrogens with zero attached hydrogens (tertiary/aromatic N) is 2. The number of aromatic nitrogens is 1. The lowest BCUT2D eigenvalue weighted by molar-refractivity contribution is 0.0442. The lowest BCUT2D eigenvalue weighted by Gasteiger charge is -2.23. The highest BCUT2D eigenvalue weighted by atomic mass is 19.1. The van der Waals surface area contributed by atoms with Gasteiger partial charge >= 0.3 is 0 Å². The van der Waals surface area contributed by atoms with Crippen LogP contribution in [0.2, 0.25) is 0 Å². The van der Waals surface area contributed by atoms with Crippen LogP contribution in [0.5, 0.6) is 0 Å². The number of aliphatic hydroxyl groups is 1. The van der Waals surface area contributed by atoms with Crippen molar-refractivity contribution in [3.05, 3.63) is 59.7 Å². The van der Waals surface area contributed by atoms with Crippen molar-refractivity contribution in [1.82, 2.24) is 9.47 Å². The van der Waals surface area contributed by atoms with Gasteiger partial charge in [-0.05, 0) is 36.2 Å². The maximum Gasteiger partial charge on any atom is 0.270 e. The summed E-state index contributed by atoms with van der Waals surface area (Å²) in [6.07, 6.45) is 2.78. The van der Waals surface area contributed by atoms with Crippen LogP contribution >= 0.6 is 0 Å². The van der Waals surface area contributed by atoms with Crippen LogP contribution < -0.4 is 0 Å². The fourth-order valence-electron chi connectivity index (χ4n) is 3.00. The standard InChI is InChI=1S/C17H19FN2O2/c1-19-9-2-3-15(19)16(21)20-10-8-17(22,12-20)11-13-4-6-14(18)7-5-13/h2-7,9,22H,8,10-12H2,1H3. The number of carbonyl (C=O) groups is 1. The molecule has 22 heavy (non-hydrogen) atoms. The van der Waals surface area contributed by atoms with E-state index in [9.17, 15) is 14.3 Å². The van der Waals surface area contributed by atoms with Gasteiger partial charge in [-0.15, -0.1) is 0 Å². The number of aryl methyl sites for hydroxylation is 1. The first kappa shape index (κ1) is 14.8. The zero-order valence-corrected chi connectivity index (χ0v) is 12.5. The molecule has 1 unspecified atom stereocenters. The molecule has 1 atom stereocenters. The highest BCUT2D eigenvalue weighted by molar-refractivity contribution is 5.93. The van der Waals surface area contributed by atoms with Crippen LogP contribution in [-0.4, -0.2) is 39.2 Å². The molecule has 0 radical (unpaired) electrons. The number of β-amino-alcohol motifs (C(OH)–C–C–N with tert-alkyl or cyclic N) is 1. The number of hydrogen-bond acceptors (Lipinski definition) is 2. The van der Waals surface area contributed by atoms with Gasteiger partial charge < -0.3 is 14.6 Å². The summed E-state index contributed by atoms with van der Waals surface area (Å²) < 4.78 is 14.7. The lowest BCUT2D eigenvalue weighted by Crippen LogP contribution is -2.38. The predicted octanol–water partition coefficient (Wildman–Crippen LogP) is 1.98. The van der Waals surface area contributed by atoms with Crippen molar-refractivity contribution >= 4 is 5.91 Å². The van der Waals surface area contributed by atoms with Gasteiger partial charge in [-0.3, -0.25) is 4.79 Å². The molecule has 1 aromatic heterocycles. The van der Waals surface area contributed by atoms with Crippen molar-refractivity contribution in [1.29, 1.82) is 0 Å². The van der Waals surface area contributed by atoms with E-state index in [4.69, 9.17) is 0 Å². The molecule has 0 saturated carbocycles. The van der Waals surface area contributed by atoms with Crippen LogP contribution in [0.15, 0.2) is 42.6 Å². The van der Waals surface area contributed by atoms with Gasteiger partial charge in [0.25, 0.3) is 5.91 Å². The van der Waals surface area contributed by atoms with E-state index < -0.39 is 5.60 Å². The zero-order valence-electron chi connectivity index (χ0n) is 12.5. The molecule has 1 aliphatic rings. The Balaban J connectivity index is 1.69. The molecule has 116 valence electrons. The smallest absolute Gasteiger partial charge is 0.270 e. The Morgan fingerprint density at radius 2 is 2.05 bits per heavy atom. The van der Waals surface area contributed by atoms with Crippen LogP contribution in [-0.2, 0) is 13.5 Å². The zero-order chi connectivity index (χ0) is 15.7. The van der Waals surface area contributed by atoms with Gasteiger partial charge in [-0.2, -0.15) is 0 Å². The van der Waals surface area contributed by atoms with Crippen LogP contribution in [0.25, 0.3) is 0 Å². The van der Waals surface area contributed by atoms with Crippen molar-refractivity contribution in [2.45, 2.75) is 18.4 Å². The molecule has 1 aliphatic heterocycles. The topological polar surface area (TPSA) is 45.5 Å². The number of carbonyl (C=O) groups excluding carboxylic acids is 1. The van der Waals surface area contributed by atoms with E-state index >= 15 is 0 Å². The van der Waals surface area contributed by atoms with Gasteiger partial charge in [0.1, 0.15) is 11.5 Å². The van der Waals surface area contributed by atoms with Gasteiger partial charge in [-0.25, -0.2) is 4.39 Å². The van der Waals surface area contributed by atoms with Crippen molar-refractivity contribution in [3.63, 3.8) is 0 Å². The monoisotopic (exact) mass is 302 g/mol. The SMILES string of the molecule is Cn1cccc1C(=O)N1CCC(O)(Cc2ccc(F)cc2)C1. The third-order valence-corrected chi connectivity index (χ3v) is 4.23. The van der Waals surface area contributed by atoms with Gasteiger partial charge in [-0.1, -0.05) is 12.1 Å². The molecule has 1 amide bonds. The summed E-state index contributed by atoms with van der Waals surface area (Å²) in [6, 6.07) is 9.73. The van der Waals surface area contributed by atoms with E-state index in [1.54, 1.807) is 27.7 Å². The molecule has 0 bridgehead atoms. The lowest BCUT2D eigenvalue weighted by atomic mass is 9.94. The second-order valence-electron chi connectivity index (χ2n) is 6.01. The third kappa shape index (κ3) is 2.90. The minimum absolute atomic E-state index is 0.0671. The molecule has 1 saturated heterocycles. The van der Waals surface area contributed by atoms with Crippen LogP contribution in [0, 0.1) is 5.82 Å². The first-order valence-corrected chi connectivity index (χ1v) is 7.34. The summed E-state index contributed by atoms with van der Waals surface area (Å²) >= 11 is 0. The van der Waals surface area contributed by atoms with Crippen LogP contribution in [0.3, 0.4) is 0 Å². The Labute approximate surface area is 128 Å². The van der Waals surface area contributed by atoms with E-state index in [-0.39, 0.29) is 11.7 Å². The maximum atomic E-state index is 12.9. The first-order chi connectivity index (χ1) is 10.5. The minimum Gasteiger partial charge on any atom is -0.388 e. The molecule has 0 spiro atoms. The minimum atomic E-state index is -0.946. The highest BCUT2D eigenvalue weighted by Gasteiger charge is 2.38. The molecule has 2 heterocycles. The summed E-state index contributed by atoms with van der Waals surface area (Å²) in [5, 5.41) is 10.7. The van der Waals surface area contributed by atoms with E-state index in [2.05, 4.69) is 0 Å². The third-order valence-electron chi connectivity index (χ3n) is 4.23. The van der Waals surface area contributed by atoms with Crippen LogP contribution in [0.4, 0.5) is 4.39 Å². The van der Waals surface area contributed by atoms with Crippen molar-refractivity contribution < 1.29 is 14.3 Å². The average Bonchev–Trinajstić information content (AvgIpc) is 3.07. The summed E-state index contributed by atoms with van der Waals surface area (Å²) in [4.78, 5) is 14.1. The largest absolute Gasteiger partial charge is 0.388 e. The van der Waals surface area contributed by atoms with Crippen molar-refractivity contribution in [2.75, 3.05) is 13.1 Å². The Bertz CT molecular complexity index is 680. The molecule has 1 aromatic carbocycles. The summed E-state index contributed by atoms with van der Waals surface area (Å²) in [5.74, 6) is -0.356. The highest BCUT2D eigenvalue weighted by Crippen LogP contribution is 2.27. The number of benzene rings is 1. The Morgan fingerprint density at radius 1 is 1.32 bits per heavy atom. The molecule has 0 aliphatic carbocycles. The van der Waals surface area contributed by atoms with Gasteiger partial charge in [0.05, 0.1) is 12.1 Å². The van der Waals surface area contributed by atoms with E-state index in [0.29, 0.717) is 31.6 Å². The number of likely N-dealkylation sites (tertiary alicyclic amines) is 1. The second-order valence-corrected chi connectivity index (χ2v) is 6.01. The molecule has 2 aromatic rings. The quantitative estimate of drug-likeness (QED) is 0.942. The van der Waals surface area contributed by atoms with Gasteiger partial charge in [0, 0.05) is 26.2 Å². The molecule has 1 fully saturated rings. The van der Waals surface area contributed by atoms with E-state index in [0.717, 1.165) is 5.56 Å². The molecular weight excluding hydrogens is 283 g/mol. The Hall–Kier alpha value is -2.14. The number of halogens is 1. The number of rotatable bonds is 3. The number of amides is 1. The first-order valence-electron chi connectivity index (χ1n) is 7.34. The van der Waals surface area contributed by atoms with E-state index in [1.807, 2.05) is 19.3 Å². The average molecular weight is 302 g/mol. The fourth-order valence-corrected chi connectivity index (χ4v) is 3.00. The van der Waals surface area contributed by atoms with E-state index in [1.165, 1.54) is 12.1 Å². The normalized spacial score (nSPS) is 21.3. The summed E-state index contributed by atoms with van der Waals surface area (Å²) in [5.41, 5.74) is 0.543. The molecule has 5 heteroatoms. The second kappa shape index (κ2) is 5.57.